The molecular weight excluding hydrogens is 338 g/mol. The van der Waals surface area contributed by atoms with Crippen LogP contribution in [0.3, 0.4) is 0 Å². The summed E-state index contributed by atoms with van der Waals surface area (Å²) in [6.07, 6.45) is 1.82. The van der Waals surface area contributed by atoms with Gasteiger partial charge < -0.3 is 16.0 Å². The monoisotopic (exact) mass is 365 g/mol. The number of nitrogens with two attached hydrogens (primary N) is 1. The second kappa shape index (κ2) is 8.68. The van der Waals surface area contributed by atoms with Crippen LogP contribution < -0.4 is 11.1 Å². The molecule has 0 bridgehead atoms. The molecule has 2 unspecified atom stereocenters. The molecule has 138 valence electrons. The van der Waals surface area contributed by atoms with Gasteiger partial charge in [-0.2, -0.15) is 0 Å². The Bertz CT molecular complexity index is 610. The Morgan fingerprint density at radius 2 is 1.80 bits per heavy atom. The summed E-state index contributed by atoms with van der Waals surface area (Å²) < 4.78 is 0. The molecule has 3 N–H and O–H groups in total. The molecular formula is C19H28ClN3O2. The Morgan fingerprint density at radius 1 is 1.20 bits per heavy atom. The van der Waals surface area contributed by atoms with Crippen molar-refractivity contribution < 1.29 is 9.59 Å². The summed E-state index contributed by atoms with van der Waals surface area (Å²) in [6, 6.07) is 6.45. The number of halogens is 1. The van der Waals surface area contributed by atoms with Crippen LogP contribution in [0.15, 0.2) is 24.3 Å². The summed E-state index contributed by atoms with van der Waals surface area (Å²) in [7, 11) is 0. The van der Waals surface area contributed by atoms with Gasteiger partial charge in [-0.05, 0) is 43.7 Å². The Hall–Kier alpha value is -1.59. The summed E-state index contributed by atoms with van der Waals surface area (Å²) in [4.78, 5) is 27.3. The summed E-state index contributed by atoms with van der Waals surface area (Å²) >= 11 is 6.09. The summed E-state index contributed by atoms with van der Waals surface area (Å²) in [5.41, 5.74) is 6.36. The van der Waals surface area contributed by atoms with Crippen molar-refractivity contribution in [2.24, 2.45) is 17.6 Å². The van der Waals surface area contributed by atoms with E-state index in [-0.39, 0.29) is 23.8 Å². The third-order valence-electron chi connectivity index (χ3n) is 4.93. The normalized spacial score (nSPS) is 18.1. The van der Waals surface area contributed by atoms with Gasteiger partial charge in [0, 0.05) is 19.1 Å². The van der Waals surface area contributed by atoms with Crippen molar-refractivity contribution in [1.82, 2.24) is 10.2 Å². The molecule has 1 aliphatic heterocycles. The number of piperidine rings is 1. The van der Waals surface area contributed by atoms with E-state index in [1.54, 1.807) is 24.3 Å². The second-order valence-corrected chi connectivity index (χ2v) is 7.60. The maximum absolute atomic E-state index is 12.9. The average Bonchev–Trinajstić information content (AvgIpc) is 2.59. The largest absolute Gasteiger partial charge is 0.341 e. The van der Waals surface area contributed by atoms with Gasteiger partial charge in [-0.3, -0.25) is 9.59 Å². The van der Waals surface area contributed by atoms with Gasteiger partial charge >= 0.3 is 0 Å². The molecule has 1 aromatic carbocycles. The predicted molar refractivity (Wildman–Crippen MR) is 100 cm³/mol. The minimum atomic E-state index is -0.560. The fourth-order valence-corrected chi connectivity index (χ4v) is 3.44. The maximum atomic E-state index is 12.9. The molecule has 6 heteroatoms. The van der Waals surface area contributed by atoms with Crippen molar-refractivity contribution in [3.05, 3.63) is 34.9 Å². The first-order valence-electron chi connectivity index (χ1n) is 8.91. The van der Waals surface area contributed by atoms with Gasteiger partial charge in [-0.25, -0.2) is 0 Å². The van der Waals surface area contributed by atoms with E-state index in [4.69, 9.17) is 17.3 Å². The molecule has 2 amide bonds. The number of carbonyl (C=O) groups is 2. The lowest BCUT2D eigenvalue weighted by Gasteiger charge is -2.36. The van der Waals surface area contributed by atoms with Gasteiger partial charge in [-0.15, -0.1) is 0 Å². The highest BCUT2D eigenvalue weighted by atomic mass is 35.5. The zero-order valence-electron chi connectivity index (χ0n) is 15.2. The number of benzene rings is 1. The van der Waals surface area contributed by atoms with Crippen LogP contribution in [-0.4, -0.2) is 41.9 Å². The molecule has 5 nitrogen and oxygen atoms in total. The molecule has 1 aromatic rings. The predicted octanol–water partition coefficient (Wildman–Crippen LogP) is 2.68. The van der Waals surface area contributed by atoms with Gasteiger partial charge in [-0.1, -0.05) is 37.6 Å². The Kier molecular flexibility index (Phi) is 6.85. The van der Waals surface area contributed by atoms with Crippen LogP contribution in [0.5, 0.6) is 0 Å². The van der Waals surface area contributed by atoms with Crippen molar-refractivity contribution in [3.8, 4) is 0 Å². The highest BCUT2D eigenvalue weighted by Crippen LogP contribution is 2.21. The maximum Gasteiger partial charge on any atom is 0.253 e. The first kappa shape index (κ1) is 19.7. The SMILES string of the molecule is CC(C)C(NC(=O)c1ccccc1Cl)C(=O)N1CCC(C(C)N)CC1. The smallest absolute Gasteiger partial charge is 0.253 e. The van der Waals surface area contributed by atoms with E-state index in [0.717, 1.165) is 12.8 Å². The first-order valence-corrected chi connectivity index (χ1v) is 9.28. The van der Waals surface area contributed by atoms with Crippen LogP contribution in [0.4, 0.5) is 0 Å². The van der Waals surface area contributed by atoms with Crippen LogP contribution in [0.2, 0.25) is 5.02 Å². The number of rotatable bonds is 5. The van der Waals surface area contributed by atoms with Gasteiger partial charge in [0.1, 0.15) is 6.04 Å². The molecule has 1 saturated heterocycles. The van der Waals surface area contributed by atoms with Crippen LogP contribution >= 0.6 is 11.6 Å². The van der Waals surface area contributed by atoms with Crippen molar-refractivity contribution >= 4 is 23.4 Å². The number of carbonyl (C=O) groups excluding carboxylic acids is 2. The molecule has 25 heavy (non-hydrogen) atoms. The molecule has 1 fully saturated rings. The molecule has 1 aliphatic rings. The van der Waals surface area contributed by atoms with Crippen molar-refractivity contribution in [1.29, 1.82) is 0 Å². The van der Waals surface area contributed by atoms with E-state index in [1.807, 2.05) is 25.7 Å². The van der Waals surface area contributed by atoms with Gasteiger partial charge in [0.15, 0.2) is 0 Å². The van der Waals surface area contributed by atoms with E-state index in [0.29, 0.717) is 29.6 Å². The number of hydrogen-bond acceptors (Lipinski definition) is 3. The Balaban J connectivity index is 2.04. The van der Waals surface area contributed by atoms with E-state index in [9.17, 15) is 9.59 Å². The standard InChI is InChI=1S/C19H28ClN3O2/c1-12(2)17(22-18(24)15-6-4-5-7-16(15)20)19(25)23-10-8-14(9-11-23)13(3)21/h4-7,12-14,17H,8-11,21H2,1-3H3,(H,22,24). The quantitative estimate of drug-likeness (QED) is 0.842. The molecule has 0 radical (unpaired) electrons. The van der Waals surface area contributed by atoms with Crippen LogP contribution in [-0.2, 0) is 4.79 Å². The lowest BCUT2D eigenvalue weighted by molar-refractivity contribution is -0.135. The minimum absolute atomic E-state index is 0.00917. The second-order valence-electron chi connectivity index (χ2n) is 7.20. The molecule has 0 spiro atoms. The fraction of sp³-hybridized carbons (Fsp3) is 0.579. The van der Waals surface area contributed by atoms with Crippen LogP contribution in [0, 0.1) is 11.8 Å². The number of likely N-dealkylation sites (tertiary alicyclic amines) is 1. The van der Waals surface area contributed by atoms with E-state index in [2.05, 4.69) is 5.32 Å². The van der Waals surface area contributed by atoms with Crippen molar-refractivity contribution in [2.45, 2.75) is 45.7 Å². The van der Waals surface area contributed by atoms with Gasteiger partial charge in [0.25, 0.3) is 5.91 Å². The molecule has 0 aromatic heterocycles. The lowest BCUT2D eigenvalue weighted by atomic mass is 9.90. The molecule has 0 aliphatic carbocycles. The summed E-state index contributed by atoms with van der Waals surface area (Å²) in [5, 5.41) is 3.25. The van der Waals surface area contributed by atoms with Gasteiger partial charge in [0.05, 0.1) is 10.6 Å². The number of nitrogens with one attached hydrogen (secondary N) is 1. The van der Waals surface area contributed by atoms with E-state index >= 15 is 0 Å². The average molecular weight is 366 g/mol. The minimum Gasteiger partial charge on any atom is -0.341 e. The van der Waals surface area contributed by atoms with Crippen molar-refractivity contribution in [2.75, 3.05) is 13.1 Å². The zero-order chi connectivity index (χ0) is 18.6. The van der Waals surface area contributed by atoms with Gasteiger partial charge in [0.2, 0.25) is 5.91 Å². The zero-order valence-corrected chi connectivity index (χ0v) is 15.9. The van der Waals surface area contributed by atoms with E-state index in [1.165, 1.54) is 0 Å². The molecule has 2 atom stereocenters. The third kappa shape index (κ3) is 4.95. The number of nitrogens with zero attached hydrogens (tertiary/aromatic N) is 1. The number of hydrogen-bond donors (Lipinski definition) is 2. The van der Waals surface area contributed by atoms with Crippen molar-refractivity contribution in [3.63, 3.8) is 0 Å². The Labute approximate surface area is 154 Å². The van der Waals surface area contributed by atoms with Crippen LogP contribution in [0.25, 0.3) is 0 Å². The highest BCUT2D eigenvalue weighted by molar-refractivity contribution is 6.33. The first-order chi connectivity index (χ1) is 11.8. The topological polar surface area (TPSA) is 75.4 Å². The third-order valence-corrected chi connectivity index (χ3v) is 5.26. The lowest BCUT2D eigenvalue weighted by Crippen LogP contribution is -2.53. The molecule has 0 saturated carbocycles. The highest BCUT2D eigenvalue weighted by Gasteiger charge is 2.32. The summed E-state index contributed by atoms with van der Waals surface area (Å²) in [6.45, 7) is 7.27. The number of amides is 2. The van der Waals surface area contributed by atoms with E-state index < -0.39 is 6.04 Å². The molecule has 1 heterocycles. The fourth-order valence-electron chi connectivity index (χ4n) is 3.22. The summed E-state index contributed by atoms with van der Waals surface area (Å²) in [5.74, 6) is 0.103. The molecule has 2 rings (SSSR count). The van der Waals surface area contributed by atoms with Crippen LogP contribution in [0.1, 0.15) is 44.0 Å². The Morgan fingerprint density at radius 3 is 2.32 bits per heavy atom.